The van der Waals surface area contributed by atoms with Crippen molar-refractivity contribution in [3.05, 3.63) is 64.6 Å². The molecule has 0 amide bonds. The summed E-state index contributed by atoms with van der Waals surface area (Å²) in [6, 6.07) is 10.2. The van der Waals surface area contributed by atoms with Gasteiger partial charge in [0.1, 0.15) is 12.3 Å². The monoisotopic (exact) mass is 335 g/mol. The van der Waals surface area contributed by atoms with Crippen molar-refractivity contribution in [1.29, 1.82) is 0 Å². The van der Waals surface area contributed by atoms with E-state index in [9.17, 15) is 0 Å². The molecule has 25 heavy (non-hydrogen) atoms. The topological polar surface area (TPSA) is 56.1 Å². The van der Waals surface area contributed by atoms with Gasteiger partial charge in [0.15, 0.2) is 0 Å². The molecule has 0 atom stereocenters. The van der Waals surface area contributed by atoms with Crippen LogP contribution in [0.1, 0.15) is 28.1 Å². The maximum atomic E-state index is 5.95. The first kappa shape index (κ1) is 15.8. The molecule has 0 saturated heterocycles. The van der Waals surface area contributed by atoms with Crippen LogP contribution >= 0.6 is 0 Å². The SMILES string of the molecule is Cc1ccc(-n2nnc(C)c2COc2cc3c(cn2)CN(C)C3)cc1. The van der Waals surface area contributed by atoms with E-state index >= 15 is 0 Å². The number of rotatable bonds is 4. The maximum Gasteiger partial charge on any atom is 0.213 e. The highest BCUT2D eigenvalue weighted by Gasteiger charge is 2.17. The zero-order valence-electron chi connectivity index (χ0n) is 14.7. The maximum absolute atomic E-state index is 5.95. The van der Waals surface area contributed by atoms with Gasteiger partial charge in [0, 0.05) is 25.4 Å². The standard InChI is InChI=1S/C19H21N5O/c1-13-4-6-17(7-5-13)24-18(14(2)21-22-24)12-25-19-8-15-10-23(3)11-16(15)9-20-19/h4-9H,10-12H2,1-3H3. The second-order valence-corrected chi connectivity index (χ2v) is 6.62. The first-order chi connectivity index (χ1) is 12.1. The third kappa shape index (κ3) is 3.13. The molecule has 6 nitrogen and oxygen atoms in total. The molecule has 0 bridgehead atoms. The fourth-order valence-electron chi connectivity index (χ4n) is 3.09. The molecule has 3 aromatic rings. The van der Waals surface area contributed by atoms with Crippen molar-refractivity contribution >= 4 is 0 Å². The fraction of sp³-hybridized carbons (Fsp3) is 0.316. The van der Waals surface area contributed by atoms with Crippen LogP contribution in [-0.2, 0) is 19.7 Å². The molecule has 0 spiro atoms. The molecule has 0 aliphatic carbocycles. The normalized spacial score (nSPS) is 13.9. The van der Waals surface area contributed by atoms with Crippen molar-refractivity contribution in [3.8, 4) is 11.6 Å². The molecule has 0 saturated carbocycles. The Morgan fingerprint density at radius 3 is 2.64 bits per heavy atom. The van der Waals surface area contributed by atoms with Gasteiger partial charge in [0.05, 0.1) is 11.4 Å². The van der Waals surface area contributed by atoms with Gasteiger partial charge in [0.25, 0.3) is 0 Å². The van der Waals surface area contributed by atoms with E-state index in [0.29, 0.717) is 12.5 Å². The van der Waals surface area contributed by atoms with E-state index in [1.807, 2.05) is 36.0 Å². The molecule has 128 valence electrons. The molecule has 0 fully saturated rings. The van der Waals surface area contributed by atoms with Crippen LogP contribution in [0.4, 0.5) is 0 Å². The average Bonchev–Trinajstić information content (AvgIpc) is 3.15. The molecular weight excluding hydrogens is 314 g/mol. The number of hydrogen-bond donors (Lipinski definition) is 0. The van der Waals surface area contributed by atoms with Crippen molar-refractivity contribution in [2.45, 2.75) is 33.5 Å². The number of hydrogen-bond acceptors (Lipinski definition) is 5. The number of benzene rings is 1. The van der Waals surface area contributed by atoms with Crippen LogP contribution in [0, 0.1) is 13.8 Å². The van der Waals surface area contributed by atoms with E-state index in [4.69, 9.17) is 4.74 Å². The zero-order chi connectivity index (χ0) is 17.4. The van der Waals surface area contributed by atoms with Gasteiger partial charge < -0.3 is 4.74 Å². The summed E-state index contributed by atoms with van der Waals surface area (Å²) < 4.78 is 7.78. The molecule has 3 heterocycles. The Morgan fingerprint density at radius 2 is 1.84 bits per heavy atom. The third-order valence-electron chi connectivity index (χ3n) is 4.53. The van der Waals surface area contributed by atoms with Crippen LogP contribution in [0.25, 0.3) is 5.69 Å². The second kappa shape index (κ2) is 6.29. The van der Waals surface area contributed by atoms with Crippen molar-refractivity contribution < 1.29 is 4.74 Å². The van der Waals surface area contributed by atoms with Gasteiger partial charge in [-0.3, -0.25) is 4.90 Å². The van der Waals surface area contributed by atoms with Crippen LogP contribution in [-0.4, -0.2) is 31.9 Å². The minimum Gasteiger partial charge on any atom is -0.471 e. The summed E-state index contributed by atoms with van der Waals surface area (Å²) in [5, 5.41) is 8.46. The average molecular weight is 335 g/mol. The molecule has 6 heteroatoms. The van der Waals surface area contributed by atoms with E-state index < -0.39 is 0 Å². The summed E-state index contributed by atoms with van der Waals surface area (Å²) >= 11 is 0. The van der Waals surface area contributed by atoms with E-state index in [1.54, 1.807) is 0 Å². The number of aromatic nitrogens is 4. The van der Waals surface area contributed by atoms with Gasteiger partial charge in [0.2, 0.25) is 5.88 Å². The van der Waals surface area contributed by atoms with Gasteiger partial charge in [-0.1, -0.05) is 22.9 Å². The lowest BCUT2D eigenvalue weighted by Gasteiger charge is -2.10. The van der Waals surface area contributed by atoms with Crippen LogP contribution < -0.4 is 4.74 Å². The molecule has 0 radical (unpaired) electrons. The van der Waals surface area contributed by atoms with Gasteiger partial charge in [-0.15, -0.1) is 5.10 Å². The second-order valence-electron chi connectivity index (χ2n) is 6.62. The van der Waals surface area contributed by atoms with Crippen LogP contribution in [0.3, 0.4) is 0 Å². The number of aryl methyl sites for hydroxylation is 2. The summed E-state index contributed by atoms with van der Waals surface area (Å²) in [5.74, 6) is 0.644. The summed E-state index contributed by atoms with van der Waals surface area (Å²) in [4.78, 5) is 6.69. The lowest BCUT2D eigenvalue weighted by atomic mass is 10.2. The first-order valence-corrected chi connectivity index (χ1v) is 8.37. The van der Waals surface area contributed by atoms with E-state index in [0.717, 1.165) is 30.2 Å². The van der Waals surface area contributed by atoms with Gasteiger partial charge in [-0.05, 0) is 44.2 Å². The smallest absolute Gasteiger partial charge is 0.213 e. The molecule has 0 unspecified atom stereocenters. The quantitative estimate of drug-likeness (QED) is 0.734. The largest absolute Gasteiger partial charge is 0.471 e. The number of nitrogens with zero attached hydrogens (tertiary/aromatic N) is 5. The molecular formula is C19H21N5O. The summed E-state index contributed by atoms with van der Waals surface area (Å²) in [6.45, 7) is 6.29. The summed E-state index contributed by atoms with van der Waals surface area (Å²) in [7, 11) is 2.11. The highest BCUT2D eigenvalue weighted by molar-refractivity contribution is 5.36. The number of fused-ring (bicyclic) bond motifs is 1. The first-order valence-electron chi connectivity index (χ1n) is 8.37. The zero-order valence-corrected chi connectivity index (χ0v) is 14.7. The highest BCUT2D eigenvalue weighted by atomic mass is 16.5. The van der Waals surface area contributed by atoms with Crippen LogP contribution in [0.15, 0.2) is 36.5 Å². The Bertz CT molecular complexity index is 901. The predicted molar refractivity (Wildman–Crippen MR) is 94.6 cm³/mol. The Morgan fingerprint density at radius 1 is 1.08 bits per heavy atom. The van der Waals surface area contributed by atoms with Crippen molar-refractivity contribution in [3.63, 3.8) is 0 Å². The molecule has 4 rings (SSSR count). The number of ether oxygens (including phenoxy) is 1. The summed E-state index contributed by atoms with van der Waals surface area (Å²) in [6.07, 6.45) is 1.91. The Balaban J connectivity index is 1.55. The van der Waals surface area contributed by atoms with E-state index in [1.165, 1.54) is 16.7 Å². The number of pyridine rings is 1. The molecule has 1 aromatic carbocycles. The fourth-order valence-corrected chi connectivity index (χ4v) is 3.09. The van der Waals surface area contributed by atoms with Gasteiger partial charge in [-0.25, -0.2) is 9.67 Å². The Kier molecular flexibility index (Phi) is 3.97. The third-order valence-corrected chi connectivity index (χ3v) is 4.53. The van der Waals surface area contributed by atoms with Crippen molar-refractivity contribution in [2.24, 2.45) is 0 Å². The van der Waals surface area contributed by atoms with Gasteiger partial charge in [-0.2, -0.15) is 0 Å². The molecule has 1 aliphatic heterocycles. The predicted octanol–water partition coefficient (Wildman–Crippen LogP) is 2.80. The lowest BCUT2D eigenvalue weighted by molar-refractivity contribution is 0.284. The highest BCUT2D eigenvalue weighted by Crippen LogP contribution is 2.24. The minimum atomic E-state index is 0.383. The summed E-state index contributed by atoms with van der Waals surface area (Å²) in [5.41, 5.74) is 6.55. The van der Waals surface area contributed by atoms with E-state index in [-0.39, 0.29) is 0 Å². The minimum absolute atomic E-state index is 0.383. The molecule has 2 aromatic heterocycles. The molecule has 1 aliphatic rings. The van der Waals surface area contributed by atoms with Crippen LogP contribution in [0.5, 0.6) is 5.88 Å². The Hall–Kier alpha value is -2.73. The van der Waals surface area contributed by atoms with Crippen molar-refractivity contribution in [2.75, 3.05) is 7.05 Å². The van der Waals surface area contributed by atoms with E-state index in [2.05, 4.69) is 46.3 Å². The van der Waals surface area contributed by atoms with Crippen LogP contribution in [0.2, 0.25) is 0 Å². The van der Waals surface area contributed by atoms with Gasteiger partial charge >= 0.3 is 0 Å². The van der Waals surface area contributed by atoms with Crippen molar-refractivity contribution in [1.82, 2.24) is 24.9 Å². The Labute approximate surface area is 147 Å². The molecule has 0 N–H and O–H groups in total. The lowest BCUT2D eigenvalue weighted by Crippen LogP contribution is -2.08.